The highest BCUT2D eigenvalue weighted by atomic mass is 32.2. The van der Waals surface area contributed by atoms with Crippen LogP contribution in [0.2, 0.25) is 0 Å². The van der Waals surface area contributed by atoms with Crippen LogP contribution in [0, 0.1) is 0 Å². The summed E-state index contributed by atoms with van der Waals surface area (Å²) in [6.45, 7) is 1.92. The Kier molecular flexibility index (Phi) is 3.99. The molecule has 4 nitrogen and oxygen atoms in total. The van der Waals surface area contributed by atoms with Crippen molar-refractivity contribution in [3.8, 4) is 0 Å². The number of anilines is 2. The number of nitrogens with zero attached hydrogens (tertiary/aromatic N) is 1. The quantitative estimate of drug-likeness (QED) is 0.880. The summed E-state index contributed by atoms with van der Waals surface area (Å²) in [6.07, 6.45) is 0.636. The number of nitrogens with two attached hydrogens (primary N) is 1. The first-order valence-corrected chi connectivity index (χ1v) is 7.83. The van der Waals surface area contributed by atoms with Crippen molar-refractivity contribution in [1.82, 2.24) is 0 Å². The topological polar surface area (TPSA) is 63.4 Å². The molecule has 0 bridgehead atoms. The van der Waals surface area contributed by atoms with Gasteiger partial charge in [0.05, 0.1) is 10.6 Å². The molecule has 0 saturated carbocycles. The fraction of sp³-hybridized carbons (Fsp3) is 0.200. The second-order valence-corrected chi connectivity index (χ2v) is 6.47. The van der Waals surface area contributed by atoms with E-state index in [1.807, 2.05) is 13.0 Å². The monoisotopic (exact) mass is 290 g/mol. The molecule has 0 heterocycles. The summed E-state index contributed by atoms with van der Waals surface area (Å²) in [5.74, 6) is 0. The summed E-state index contributed by atoms with van der Waals surface area (Å²) in [5.41, 5.74) is 7.57. The van der Waals surface area contributed by atoms with Gasteiger partial charge >= 0.3 is 0 Å². The molecule has 0 aliphatic carbocycles. The van der Waals surface area contributed by atoms with Crippen LogP contribution in [0.15, 0.2) is 53.4 Å². The van der Waals surface area contributed by atoms with Gasteiger partial charge in [-0.3, -0.25) is 4.31 Å². The van der Waals surface area contributed by atoms with E-state index < -0.39 is 10.0 Å². The minimum Gasteiger partial charge on any atom is -0.399 e. The molecule has 2 rings (SSSR count). The Hall–Kier alpha value is -2.01. The molecule has 0 spiro atoms. The van der Waals surface area contributed by atoms with Crippen molar-refractivity contribution in [2.75, 3.05) is 17.1 Å². The fourth-order valence-corrected chi connectivity index (χ4v) is 3.55. The normalized spacial score (nSPS) is 11.3. The zero-order chi connectivity index (χ0) is 14.8. The Morgan fingerprint density at radius 3 is 2.35 bits per heavy atom. The number of hydrogen-bond acceptors (Lipinski definition) is 3. The standard InChI is InChI=1S/C15H18N2O2S/c1-3-12-9-10-13(16)11-15(12)20(18,19)17(2)14-7-5-4-6-8-14/h4-11H,3,16H2,1-2H3. The molecule has 2 N–H and O–H groups in total. The van der Waals surface area contributed by atoms with Crippen LogP contribution < -0.4 is 10.0 Å². The van der Waals surface area contributed by atoms with Gasteiger partial charge in [0, 0.05) is 12.7 Å². The van der Waals surface area contributed by atoms with Crippen molar-refractivity contribution in [1.29, 1.82) is 0 Å². The molecule has 0 unspecified atom stereocenters. The lowest BCUT2D eigenvalue weighted by Crippen LogP contribution is -2.27. The van der Waals surface area contributed by atoms with E-state index in [2.05, 4.69) is 0 Å². The summed E-state index contributed by atoms with van der Waals surface area (Å²) in [5, 5.41) is 0. The largest absolute Gasteiger partial charge is 0.399 e. The van der Waals surface area contributed by atoms with Crippen molar-refractivity contribution >= 4 is 21.4 Å². The predicted molar refractivity (Wildman–Crippen MR) is 82.3 cm³/mol. The summed E-state index contributed by atoms with van der Waals surface area (Å²) in [6, 6.07) is 14.0. The zero-order valence-corrected chi connectivity index (χ0v) is 12.4. The van der Waals surface area contributed by atoms with Gasteiger partial charge in [0.2, 0.25) is 0 Å². The van der Waals surface area contributed by atoms with Gasteiger partial charge in [-0.15, -0.1) is 0 Å². The summed E-state index contributed by atoms with van der Waals surface area (Å²) < 4.78 is 26.7. The maximum Gasteiger partial charge on any atom is 0.264 e. The Balaban J connectivity index is 2.53. The second-order valence-electron chi connectivity index (χ2n) is 4.53. The van der Waals surface area contributed by atoms with Gasteiger partial charge in [0.25, 0.3) is 10.0 Å². The van der Waals surface area contributed by atoms with E-state index in [0.717, 1.165) is 5.56 Å². The predicted octanol–water partition coefficient (Wildman–Crippen LogP) is 2.66. The van der Waals surface area contributed by atoms with Gasteiger partial charge in [-0.2, -0.15) is 0 Å². The number of hydrogen-bond donors (Lipinski definition) is 1. The molecule has 2 aromatic carbocycles. The SMILES string of the molecule is CCc1ccc(N)cc1S(=O)(=O)N(C)c1ccccc1. The molecule has 0 amide bonds. The first-order chi connectivity index (χ1) is 9.46. The molecule has 0 fully saturated rings. The fourth-order valence-electron chi connectivity index (χ4n) is 2.03. The van der Waals surface area contributed by atoms with Crippen molar-refractivity contribution in [3.05, 3.63) is 54.1 Å². The number of rotatable bonds is 4. The van der Waals surface area contributed by atoms with E-state index in [1.54, 1.807) is 43.4 Å². The van der Waals surface area contributed by atoms with Crippen LogP contribution in [-0.2, 0) is 16.4 Å². The van der Waals surface area contributed by atoms with E-state index in [1.165, 1.54) is 10.4 Å². The van der Waals surface area contributed by atoms with E-state index in [4.69, 9.17) is 5.73 Å². The molecule has 2 aromatic rings. The Bertz CT molecular complexity index is 697. The van der Waals surface area contributed by atoms with Crippen LogP contribution in [0.5, 0.6) is 0 Å². The average Bonchev–Trinajstić information content (AvgIpc) is 2.47. The first kappa shape index (κ1) is 14.4. The van der Waals surface area contributed by atoms with Crippen molar-refractivity contribution in [2.45, 2.75) is 18.2 Å². The van der Waals surface area contributed by atoms with Crippen LogP contribution in [0.25, 0.3) is 0 Å². The van der Waals surface area contributed by atoms with Gasteiger partial charge in [0.15, 0.2) is 0 Å². The summed E-state index contributed by atoms with van der Waals surface area (Å²) in [7, 11) is -2.06. The van der Waals surface area contributed by atoms with Crippen LogP contribution in [0.3, 0.4) is 0 Å². The minimum absolute atomic E-state index is 0.270. The molecule has 106 valence electrons. The summed E-state index contributed by atoms with van der Waals surface area (Å²) >= 11 is 0. The van der Waals surface area contributed by atoms with Gasteiger partial charge in [-0.1, -0.05) is 31.2 Å². The molecule has 0 aromatic heterocycles. The highest BCUT2D eigenvalue weighted by molar-refractivity contribution is 7.92. The maximum absolute atomic E-state index is 12.7. The smallest absolute Gasteiger partial charge is 0.264 e. The highest BCUT2D eigenvalue weighted by Gasteiger charge is 2.24. The van der Waals surface area contributed by atoms with Crippen molar-refractivity contribution in [2.24, 2.45) is 0 Å². The molecule has 0 radical (unpaired) electrons. The summed E-state index contributed by atoms with van der Waals surface area (Å²) in [4.78, 5) is 0.270. The molecule has 20 heavy (non-hydrogen) atoms. The van der Waals surface area contributed by atoms with Gasteiger partial charge in [0.1, 0.15) is 0 Å². The van der Waals surface area contributed by atoms with Gasteiger partial charge in [-0.05, 0) is 36.2 Å². The van der Waals surface area contributed by atoms with Crippen molar-refractivity contribution < 1.29 is 8.42 Å². The van der Waals surface area contributed by atoms with E-state index in [-0.39, 0.29) is 4.90 Å². The van der Waals surface area contributed by atoms with Gasteiger partial charge < -0.3 is 5.73 Å². The first-order valence-electron chi connectivity index (χ1n) is 6.39. The third-order valence-electron chi connectivity index (χ3n) is 3.23. The number of para-hydroxylation sites is 1. The number of benzene rings is 2. The Morgan fingerprint density at radius 1 is 1.10 bits per heavy atom. The van der Waals surface area contributed by atoms with Crippen LogP contribution in [-0.4, -0.2) is 15.5 Å². The Labute approximate surface area is 119 Å². The van der Waals surface area contributed by atoms with E-state index in [0.29, 0.717) is 17.8 Å². The number of nitrogen functional groups attached to an aromatic ring is 1. The lowest BCUT2D eigenvalue weighted by molar-refractivity contribution is 0.593. The maximum atomic E-state index is 12.7. The second kappa shape index (κ2) is 5.54. The van der Waals surface area contributed by atoms with E-state index in [9.17, 15) is 8.42 Å². The Morgan fingerprint density at radius 2 is 1.75 bits per heavy atom. The van der Waals surface area contributed by atoms with Gasteiger partial charge in [-0.25, -0.2) is 8.42 Å². The molecular formula is C15H18N2O2S. The van der Waals surface area contributed by atoms with Crippen LogP contribution in [0.1, 0.15) is 12.5 Å². The molecule has 0 atom stereocenters. The van der Waals surface area contributed by atoms with E-state index >= 15 is 0 Å². The average molecular weight is 290 g/mol. The lowest BCUT2D eigenvalue weighted by atomic mass is 10.1. The zero-order valence-electron chi connectivity index (χ0n) is 11.6. The molecule has 0 aliphatic heterocycles. The molecule has 5 heteroatoms. The molecular weight excluding hydrogens is 272 g/mol. The third-order valence-corrected chi connectivity index (χ3v) is 5.10. The number of aryl methyl sites for hydroxylation is 1. The minimum atomic E-state index is -3.60. The van der Waals surface area contributed by atoms with Crippen molar-refractivity contribution in [3.63, 3.8) is 0 Å². The third kappa shape index (κ3) is 2.63. The van der Waals surface area contributed by atoms with Crippen LogP contribution >= 0.6 is 0 Å². The highest BCUT2D eigenvalue weighted by Crippen LogP contribution is 2.26. The molecule has 0 saturated heterocycles. The molecule has 0 aliphatic rings. The van der Waals surface area contributed by atoms with Crippen LogP contribution in [0.4, 0.5) is 11.4 Å². The number of sulfonamides is 1. The lowest BCUT2D eigenvalue weighted by Gasteiger charge is -2.21.